The standard InChI is InChI=1S/C8H13N3O3S/c1-14-8-4-6(5-9)2-3-7(8)11-15(10,12)13/h2-4,11H,5,9H2,1H3,(H2,10,12,13). The van der Waals surface area contributed by atoms with Crippen LogP contribution in [0.1, 0.15) is 5.56 Å². The van der Waals surface area contributed by atoms with Gasteiger partial charge in [-0.1, -0.05) is 6.07 Å². The highest BCUT2D eigenvalue weighted by atomic mass is 32.2. The fourth-order valence-electron chi connectivity index (χ4n) is 1.10. The number of rotatable bonds is 4. The zero-order chi connectivity index (χ0) is 11.5. The third-order valence-electron chi connectivity index (χ3n) is 1.75. The third-order valence-corrected chi connectivity index (χ3v) is 2.26. The van der Waals surface area contributed by atoms with E-state index in [0.717, 1.165) is 5.56 Å². The van der Waals surface area contributed by atoms with Gasteiger partial charge in [0, 0.05) is 6.54 Å². The molecule has 0 atom stereocenters. The van der Waals surface area contributed by atoms with E-state index in [2.05, 4.69) is 4.72 Å². The highest BCUT2D eigenvalue weighted by Gasteiger charge is 2.08. The number of anilines is 1. The molecule has 1 rings (SSSR count). The highest BCUT2D eigenvalue weighted by molar-refractivity contribution is 7.90. The monoisotopic (exact) mass is 231 g/mol. The molecule has 0 amide bonds. The van der Waals surface area contributed by atoms with Crippen LogP contribution in [-0.4, -0.2) is 15.5 Å². The van der Waals surface area contributed by atoms with Crippen molar-refractivity contribution in [2.75, 3.05) is 11.8 Å². The zero-order valence-electron chi connectivity index (χ0n) is 8.23. The summed E-state index contributed by atoms with van der Waals surface area (Å²) < 4.78 is 28.8. The van der Waals surface area contributed by atoms with Gasteiger partial charge in [0.15, 0.2) is 0 Å². The Bertz CT molecular complexity index is 444. The van der Waals surface area contributed by atoms with E-state index < -0.39 is 10.2 Å². The van der Waals surface area contributed by atoms with Crippen LogP contribution < -0.4 is 20.3 Å². The molecule has 0 unspecified atom stereocenters. The Labute approximate surface area is 88.4 Å². The van der Waals surface area contributed by atoms with E-state index in [0.29, 0.717) is 12.3 Å². The third kappa shape index (κ3) is 3.39. The van der Waals surface area contributed by atoms with Gasteiger partial charge in [-0.25, -0.2) is 5.14 Å². The molecule has 0 heterocycles. The van der Waals surface area contributed by atoms with Gasteiger partial charge in [0.25, 0.3) is 10.2 Å². The SMILES string of the molecule is COc1cc(CN)ccc1NS(N)(=O)=O. The number of nitrogens with two attached hydrogens (primary N) is 2. The fourth-order valence-corrected chi connectivity index (χ4v) is 1.58. The molecule has 0 aliphatic rings. The van der Waals surface area contributed by atoms with Gasteiger partial charge in [-0.2, -0.15) is 8.42 Å². The minimum absolute atomic E-state index is 0.289. The molecular formula is C8H13N3O3S. The Morgan fingerprint density at radius 1 is 1.47 bits per heavy atom. The first-order chi connectivity index (χ1) is 6.96. The average molecular weight is 231 g/mol. The maximum atomic E-state index is 10.8. The van der Waals surface area contributed by atoms with Gasteiger partial charge in [-0.05, 0) is 17.7 Å². The van der Waals surface area contributed by atoms with Crippen molar-refractivity contribution in [3.05, 3.63) is 23.8 Å². The van der Waals surface area contributed by atoms with Gasteiger partial charge in [-0.3, -0.25) is 4.72 Å². The first kappa shape index (κ1) is 11.8. The molecule has 0 bridgehead atoms. The van der Waals surface area contributed by atoms with Crippen molar-refractivity contribution in [2.45, 2.75) is 6.54 Å². The lowest BCUT2D eigenvalue weighted by Crippen LogP contribution is -2.22. The number of benzene rings is 1. The van der Waals surface area contributed by atoms with Gasteiger partial charge in [0.05, 0.1) is 12.8 Å². The molecule has 0 spiro atoms. The predicted octanol–water partition coefficient (Wildman–Crippen LogP) is -0.231. The van der Waals surface area contributed by atoms with Crippen molar-refractivity contribution in [1.82, 2.24) is 0 Å². The Hall–Kier alpha value is -1.31. The summed E-state index contributed by atoms with van der Waals surface area (Å²) in [7, 11) is -2.36. The lowest BCUT2D eigenvalue weighted by molar-refractivity contribution is 0.416. The minimum atomic E-state index is -3.79. The summed E-state index contributed by atoms with van der Waals surface area (Å²) in [6, 6.07) is 4.88. The van der Waals surface area contributed by atoms with Crippen LogP contribution in [-0.2, 0) is 16.8 Å². The van der Waals surface area contributed by atoms with Gasteiger partial charge >= 0.3 is 0 Å². The van der Waals surface area contributed by atoms with Crippen molar-refractivity contribution in [1.29, 1.82) is 0 Å². The van der Waals surface area contributed by atoms with Gasteiger partial charge in [0.2, 0.25) is 0 Å². The molecule has 0 aromatic heterocycles. The molecule has 0 fully saturated rings. The topological polar surface area (TPSA) is 107 Å². The van der Waals surface area contributed by atoms with Crippen LogP contribution in [0.5, 0.6) is 5.75 Å². The Kier molecular flexibility index (Phi) is 3.51. The van der Waals surface area contributed by atoms with E-state index in [9.17, 15) is 8.42 Å². The highest BCUT2D eigenvalue weighted by Crippen LogP contribution is 2.25. The van der Waals surface area contributed by atoms with Crippen LogP contribution in [0.15, 0.2) is 18.2 Å². The van der Waals surface area contributed by atoms with Crippen LogP contribution >= 0.6 is 0 Å². The van der Waals surface area contributed by atoms with E-state index in [1.54, 1.807) is 18.2 Å². The summed E-state index contributed by atoms with van der Waals surface area (Å²) >= 11 is 0. The molecule has 1 aromatic carbocycles. The number of ether oxygens (including phenoxy) is 1. The summed E-state index contributed by atoms with van der Waals surface area (Å²) in [5.74, 6) is 0.381. The molecule has 7 heteroatoms. The normalized spacial score (nSPS) is 11.1. The largest absolute Gasteiger partial charge is 0.495 e. The maximum Gasteiger partial charge on any atom is 0.296 e. The average Bonchev–Trinajstić information content (AvgIpc) is 2.16. The first-order valence-electron chi connectivity index (χ1n) is 4.14. The summed E-state index contributed by atoms with van der Waals surface area (Å²) in [5, 5.41) is 4.84. The number of hydrogen-bond donors (Lipinski definition) is 3. The molecule has 0 aliphatic heterocycles. The Morgan fingerprint density at radius 2 is 2.13 bits per heavy atom. The second kappa shape index (κ2) is 4.47. The number of nitrogens with one attached hydrogen (secondary N) is 1. The quantitative estimate of drug-likeness (QED) is 0.665. The smallest absolute Gasteiger partial charge is 0.296 e. The lowest BCUT2D eigenvalue weighted by Gasteiger charge is -2.10. The summed E-state index contributed by atoms with van der Waals surface area (Å²) in [6.07, 6.45) is 0. The minimum Gasteiger partial charge on any atom is -0.495 e. The van der Waals surface area contributed by atoms with Crippen LogP contribution in [0.3, 0.4) is 0 Å². The summed E-state index contributed by atoms with van der Waals surface area (Å²) in [4.78, 5) is 0. The molecule has 0 saturated carbocycles. The van der Waals surface area contributed by atoms with E-state index in [1.165, 1.54) is 7.11 Å². The summed E-state index contributed by atoms with van der Waals surface area (Å²) in [5.41, 5.74) is 6.56. The maximum absolute atomic E-state index is 10.8. The van der Waals surface area contributed by atoms with Gasteiger partial charge in [-0.15, -0.1) is 0 Å². The van der Waals surface area contributed by atoms with Gasteiger partial charge < -0.3 is 10.5 Å². The predicted molar refractivity (Wildman–Crippen MR) is 57.6 cm³/mol. The van der Waals surface area contributed by atoms with Gasteiger partial charge in [0.1, 0.15) is 5.75 Å². The van der Waals surface area contributed by atoms with Crippen LogP contribution in [0.25, 0.3) is 0 Å². The van der Waals surface area contributed by atoms with Crippen molar-refractivity contribution >= 4 is 15.9 Å². The molecule has 0 saturated heterocycles. The molecular weight excluding hydrogens is 218 g/mol. The van der Waals surface area contributed by atoms with E-state index >= 15 is 0 Å². The lowest BCUT2D eigenvalue weighted by atomic mass is 10.2. The van der Waals surface area contributed by atoms with Crippen LogP contribution in [0, 0.1) is 0 Å². The van der Waals surface area contributed by atoms with Crippen molar-refractivity contribution in [3.63, 3.8) is 0 Å². The van der Waals surface area contributed by atoms with Crippen LogP contribution in [0.2, 0.25) is 0 Å². The molecule has 0 aliphatic carbocycles. The Balaban J connectivity index is 3.08. The van der Waals surface area contributed by atoms with Crippen molar-refractivity contribution < 1.29 is 13.2 Å². The van der Waals surface area contributed by atoms with Crippen molar-refractivity contribution in [3.8, 4) is 5.75 Å². The van der Waals surface area contributed by atoms with E-state index in [-0.39, 0.29) is 5.69 Å². The molecule has 84 valence electrons. The number of methoxy groups -OCH3 is 1. The number of hydrogen-bond acceptors (Lipinski definition) is 4. The molecule has 15 heavy (non-hydrogen) atoms. The van der Waals surface area contributed by atoms with Crippen molar-refractivity contribution in [2.24, 2.45) is 10.9 Å². The molecule has 5 N–H and O–H groups in total. The summed E-state index contributed by atoms with van der Waals surface area (Å²) in [6.45, 7) is 0.353. The molecule has 0 radical (unpaired) electrons. The fraction of sp³-hybridized carbons (Fsp3) is 0.250. The molecule has 1 aromatic rings. The van der Waals surface area contributed by atoms with E-state index in [1.807, 2.05) is 0 Å². The zero-order valence-corrected chi connectivity index (χ0v) is 9.04. The first-order valence-corrected chi connectivity index (χ1v) is 5.68. The Morgan fingerprint density at radius 3 is 2.60 bits per heavy atom. The van der Waals surface area contributed by atoms with E-state index in [4.69, 9.17) is 15.6 Å². The van der Waals surface area contributed by atoms with Crippen LogP contribution in [0.4, 0.5) is 5.69 Å². The second-order valence-corrected chi connectivity index (χ2v) is 4.18. The molecule has 6 nitrogen and oxygen atoms in total. The second-order valence-electron chi connectivity index (χ2n) is 2.89.